The molecule has 134 valence electrons. The summed E-state index contributed by atoms with van der Waals surface area (Å²) in [5, 5.41) is 19.7. The van der Waals surface area contributed by atoms with Gasteiger partial charge in [-0.05, 0) is 74.0 Å². The van der Waals surface area contributed by atoms with Gasteiger partial charge in [-0.2, -0.15) is 5.26 Å². The predicted octanol–water partition coefficient (Wildman–Crippen LogP) is 4.34. The van der Waals surface area contributed by atoms with E-state index in [4.69, 9.17) is 0 Å². The van der Waals surface area contributed by atoms with E-state index in [1.165, 1.54) is 0 Å². The molecule has 8 atom stereocenters. The van der Waals surface area contributed by atoms with E-state index in [0.29, 0.717) is 35.9 Å². The number of carbonyl (C=O) groups excluding carboxylic acids is 1. The van der Waals surface area contributed by atoms with E-state index < -0.39 is 0 Å². The molecular formula is C21H33NO2. The number of nitriles is 1. The highest BCUT2D eigenvalue weighted by Gasteiger charge is 2.56. The quantitative estimate of drug-likeness (QED) is 0.718. The zero-order chi connectivity index (χ0) is 17.5. The van der Waals surface area contributed by atoms with Crippen molar-refractivity contribution in [1.29, 1.82) is 5.26 Å². The molecular weight excluding hydrogens is 298 g/mol. The van der Waals surface area contributed by atoms with E-state index in [9.17, 15) is 15.2 Å². The SMILES string of the molecule is CC1CCC(C#N)CCC(=O)C2C1CCC1C(C)C(O)CCC12C. The Morgan fingerprint density at radius 2 is 1.88 bits per heavy atom. The number of carbonyl (C=O) groups is 1. The molecule has 3 fully saturated rings. The maximum Gasteiger partial charge on any atom is 0.136 e. The first-order valence-electron chi connectivity index (χ1n) is 9.99. The van der Waals surface area contributed by atoms with Gasteiger partial charge in [0.15, 0.2) is 0 Å². The van der Waals surface area contributed by atoms with Crippen molar-refractivity contribution in [1.82, 2.24) is 0 Å². The van der Waals surface area contributed by atoms with Crippen LogP contribution in [0.1, 0.15) is 72.1 Å². The molecule has 0 spiro atoms. The van der Waals surface area contributed by atoms with E-state index in [1.807, 2.05) is 0 Å². The molecule has 0 saturated heterocycles. The van der Waals surface area contributed by atoms with Crippen LogP contribution in [0.2, 0.25) is 0 Å². The Kier molecular flexibility index (Phi) is 5.07. The lowest BCUT2D eigenvalue weighted by atomic mass is 9.47. The lowest BCUT2D eigenvalue weighted by Gasteiger charge is -2.57. The molecule has 3 nitrogen and oxygen atoms in total. The maximum absolute atomic E-state index is 13.2. The second-order valence-corrected chi connectivity index (χ2v) is 9.18. The minimum Gasteiger partial charge on any atom is -0.393 e. The van der Waals surface area contributed by atoms with Crippen molar-refractivity contribution >= 4 is 5.78 Å². The van der Waals surface area contributed by atoms with Crippen molar-refractivity contribution in [2.24, 2.45) is 40.9 Å². The van der Waals surface area contributed by atoms with Gasteiger partial charge in [0, 0.05) is 18.3 Å². The van der Waals surface area contributed by atoms with Crippen LogP contribution in [0.15, 0.2) is 0 Å². The number of aliphatic hydroxyl groups is 1. The van der Waals surface area contributed by atoms with Crippen LogP contribution in [0, 0.1) is 52.3 Å². The van der Waals surface area contributed by atoms with Crippen LogP contribution in [0.3, 0.4) is 0 Å². The van der Waals surface area contributed by atoms with Gasteiger partial charge in [0.2, 0.25) is 0 Å². The van der Waals surface area contributed by atoms with Gasteiger partial charge >= 0.3 is 0 Å². The monoisotopic (exact) mass is 331 g/mol. The average molecular weight is 332 g/mol. The van der Waals surface area contributed by atoms with Gasteiger partial charge in [0.25, 0.3) is 0 Å². The van der Waals surface area contributed by atoms with Gasteiger partial charge in [0.05, 0.1) is 12.2 Å². The Labute approximate surface area is 146 Å². The summed E-state index contributed by atoms with van der Waals surface area (Å²) in [6.07, 6.45) is 7.21. The molecule has 0 aliphatic heterocycles. The van der Waals surface area contributed by atoms with Crippen LogP contribution in [0.5, 0.6) is 0 Å². The largest absolute Gasteiger partial charge is 0.393 e. The molecule has 0 aromatic carbocycles. The molecule has 0 bridgehead atoms. The summed E-state index contributed by atoms with van der Waals surface area (Å²) < 4.78 is 0. The van der Waals surface area contributed by atoms with Crippen LogP contribution in [0.25, 0.3) is 0 Å². The first-order valence-corrected chi connectivity index (χ1v) is 9.99. The third-order valence-corrected chi connectivity index (χ3v) is 7.99. The van der Waals surface area contributed by atoms with Gasteiger partial charge in [-0.1, -0.05) is 20.8 Å². The Morgan fingerprint density at radius 1 is 1.12 bits per heavy atom. The van der Waals surface area contributed by atoms with Gasteiger partial charge < -0.3 is 5.11 Å². The summed E-state index contributed by atoms with van der Waals surface area (Å²) in [5.41, 5.74) is 0.0411. The molecule has 1 N–H and O–H groups in total. The number of fused-ring (bicyclic) bond motifs is 3. The fourth-order valence-electron chi connectivity index (χ4n) is 6.43. The van der Waals surface area contributed by atoms with Crippen LogP contribution < -0.4 is 0 Å². The maximum atomic E-state index is 13.2. The van der Waals surface area contributed by atoms with Crippen molar-refractivity contribution in [3.05, 3.63) is 0 Å². The van der Waals surface area contributed by atoms with Crippen LogP contribution in [-0.2, 0) is 4.79 Å². The third kappa shape index (κ3) is 2.92. The molecule has 0 aromatic heterocycles. The van der Waals surface area contributed by atoms with Crippen LogP contribution >= 0.6 is 0 Å². The van der Waals surface area contributed by atoms with Crippen molar-refractivity contribution < 1.29 is 9.90 Å². The number of hydrogen-bond donors (Lipinski definition) is 1. The second-order valence-electron chi connectivity index (χ2n) is 9.18. The molecule has 0 radical (unpaired) electrons. The second kappa shape index (κ2) is 6.79. The van der Waals surface area contributed by atoms with Crippen molar-refractivity contribution in [3.8, 4) is 6.07 Å². The Hall–Kier alpha value is -0.880. The molecule has 3 aliphatic carbocycles. The molecule has 0 heterocycles. The van der Waals surface area contributed by atoms with Gasteiger partial charge in [-0.25, -0.2) is 0 Å². The number of Topliss-reactive ketones (excluding diaryl/α,β-unsaturated/α-hetero) is 1. The summed E-state index contributed by atoms with van der Waals surface area (Å²) in [4.78, 5) is 13.2. The fourth-order valence-corrected chi connectivity index (χ4v) is 6.43. The highest BCUT2D eigenvalue weighted by molar-refractivity contribution is 5.82. The molecule has 3 heteroatoms. The standard InChI is InChI=1S/C21H33NO2/c1-13-4-5-15(12-22)6-9-19(24)20-16(13)7-8-17-14(2)18(23)10-11-21(17,20)3/h13-18,20,23H,4-11H2,1-3H3. The number of ketones is 1. The zero-order valence-electron chi connectivity index (χ0n) is 15.5. The van der Waals surface area contributed by atoms with Gasteiger partial charge in [0.1, 0.15) is 5.78 Å². The van der Waals surface area contributed by atoms with E-state index in [2.05, 4.69) is 26.8 Å². The van der Waals surface area contributed by atoms with Crippen molar-refractivity contribution in [2.75, 3.05) is 0 Å². The minimum atomic E-state index is -0.202. The van der Waals surface area contributed by atoms with E-state index >= 15 is 0 Å². The smallest absolute Gasteiger partial charge is 0.136 e. The molecule has 8 unspecified atom stereocenters. The van der Waals surface area contributed by atoms with E-state index in [1.54, 1.807) is 0 Å². The highest BCUT2D eigenvalue weighted by atomic mass is 16.3. The fraction of sp³-hybridized carbons (Fsp3) is 0.905. The Morgan fingerprint density at radius 3 is 2.58 bits per heavy atom. The Bertz CT molecular complexity index is 524. The third-order valence-electron chi connectivity index (χ3n) is 7.99. The molecule has 24 heavy (non-hydrogen) atoms. The number of aliphatic hydroxyl groups excluding tert-OH is 1. The highest BCUT2D eigenvalue weighted by Crippen LogP contribution is 2.59. The number of hydrogen-bond acceptors (Lipinski definition) is 3. The predicted molar refractivity (Wildman–Crippen MR) is 94.0 cm³/mol. The van der Waals surface area contributed by atoms with Gasteiger partial charge in [-0.3, -0.25) is 4.79 Å². The molecule has 3 saturated carbocycles. The van der Waals surface area contributed by atoms with Crippen LogP contribution in [0.4, 0.5) is 0 Å². The average Bonchev–Trinajstić information content (AvgIpc) is 2.62. The molecule has 3 rings (SSSR count). The van der Waals surface area contributed by atoms with Crippen molar-refractivity contribution in [3.63, 3.8) is 0 Å². The zero-order valence-corrected chi connectivity index (χ0v) is 15.5. The normalized spacial score (nSPS) is 49.8. The van der Waals surface area contributed by atoms with E-state index in [-0.39, 0.29) is 23.4 Å². The molecule has 3 aliphatic rings. The summed E-state index contributed by atoms with van der Waals surface area (Å²) in [7, 11) is 0. The topological polar surface area (TPSA) is 61.1 Å². The van der Waals surface area contributed by atoms with E-state index in [0.717, 1.165) is 44.9 Å². The minimum absolute atomic E-state index is 0.0411. The van der Waals surface area contributed by atoms with Crippen molar-refractivity contribution in [2.45, 2.75) is 78.2 Å². The molecule has 0 amide bonds. The lowest BCUT2D eigenvalue weighted by Crippen LogP contribution is -2.54. The summed E-state index contributed by atoms with van der Waals surface area (Å²) in [5.74, 6) is 2.35. The first-order chi connectivity index (χ1) is 11.4. The summed E-state index contributed by atoms with van der Waals surface area (Å²) in [6.45, 7) is 6.82. The number of rotatable bonds is 0. The lowest BCUT2D eigenvalue weighted by molar-refractivity contribution is -0.150. The summed E-state index contributed by atoms with van der Waals surface area (Å²) in [6, 6.07) is 2.42. The first kappa shape index (κ1) is 17.9. The number of nitrogens with zero attached hydrogens (tertiary/aromatic N) is 1. The molecule has 0 aromatic rings. The van der Waals surface area contributed by atoms with Crippen LogP contribution in [-0.4, -0.2) is 17.0 Å². The van der Waals surface area contributed by atoms with Gasteiger partial charge in [-0.15, -0.1) is 0 Å². The summed E-state index contributed by atoms with van der Waals surface area (Å²) >= 11 is 0. The Balaban J connectivity index is 1.93.